The maximum absolute atomic E-state index is 11.8. The number of hydrogen-bond donors (Lipinski definition) is 3. The zero-order valence-corrected chi connectivity index (χ0v) is 14.6. The Kier molecular flexibility index (Phi) is 10.7. The van der Waals surface area contributed by atoms with E-state index in [1.54, 1.807) is 6.92 Å². The van der Waals surface area contributed by atoms with Crippen molar-refractivity contribution in [3.63, 3.8) is 0 Å². The third-order valence-corrected chi connectivity index (χ3v) is 3.99. The molecule has 0 saturated carbocycles. The molecule has 124 valence electrons. The predicted octanol–water partition coefficient (Wildman–Crippen LogP) is 1.94. The van der Waals surface area contributed by atoms with Gasteiger partial charge in [0.05, 0.1) is 11.0 Å². The molecule has 1 unspecified atom stereocenters. The average Bonchev–Trinajstić information content (AvgIpc) is 2.47. The molecule has 2 amide bonds. The van der Waals surface area contributed by atoms with Gasteiger partial charge >= 0.3 is 0 Å². The normalized spacial score (nSPS) is 11.2. The number of nitrogens with one attached hydrogen (secondary N) is 2. The fraction of sp³-hybridized carbons (Fsp3) is 0.467. The third-order valence-electron chi connectivity index (χ3n) is 2.85. The molecule has 1 aromatic carbocycles. The molecule has 1 aromatic rings. The molecular formula is C15H24ClN3O2S. The summed E-state index contributed by atoms with van der Waals surface area (Å²) in [4.78, 5) is 23.5. The first-order valence-corrected chi connectivity index (χ1v) is 8.03. The Morgan fingerprint density at radius 3 is 2.50 bits per heavy atom. The Morgan fingerprint density at radius 2 is 1.91 bits per heavy atom. The number of nitrogens with two attached hydrogens (primary N) is 1. The van der Waals surface area contributed by atoms with Crippen LogP contribution in [0.5, 0.6) is 0 Å². The number of halogens is 1. The number of benzene rings is 1. The summed E-state index contributed by atoms with van der Waals surface area (Å²) in [5, 5.41) is 5.34. The molecule has 22 heavy (non-hydrogen) atoms. The highest BCUT2D eigenvalue weighted by Crippen LogP contribution is 2.13. The summed E-state index contributed by atoms with van der Waals surface area (Å²) >= 11 is 1.32. The highest BCUT2D eigenvalue weighted by atomic mass is 35.5. The van der Waals surface area contributed by atoms with E-state index in [0.29, 0.717) is 13.1 Å². The standard InChI is InChI=1S/C15H23N3O2S.ClH/c1-11-4-6-13(7-5-11)18-14(19)10-21-12(2)15(20)17-9-3-8-16;/h4-7,12H,3,8-10,16H2,1-2H3,(H,17,20)(H,18,19);1H. The minimum absolute atomic E-state index is 0. The van der Waals surface area contributed by atoms with Crippen molar-refractivity contribution in [2.75, 3.05) is 24.2 Å². The van der Waals surface area contributed by atoms with E-state index < -0.39 is 0 Å². The number of rotatable bonds is 8. The minimum Gasteiger partial charge on any atom is -0.355 e. The van der Waals surface area contributed by atoms with Gasteiger partial charge in [-0.2, -0.15) is 0 Å². The maximum Gasteiger partial charge on any atom is 0.234 e. The molecule has 0 aliphatic rings. The van der Waals surface area contributed by atoms with Crippen LogP contribution >= 0.6 is 24.2 Å². The number of hydrogen-bond acceptors (Lipinski definition) is 4. The highest BCUT2D eigenvalue weighted by molar-refractivity contribution is 8.01. The van der Waals surface area contributed by atoms with Crippen LogP contribution in [0.3, 0.4) is 0 Å². The Bertz CT molecular complexity index is 468. The first kappa shape index (κ1) is 20.8. The summed E-state index contributed by atoms with van der Waals surface area (Å²) in [5.41, 5.74) is 7.28. The lowest BCUT2D eigenvalue weighted by molar-refractivity contribution is -0.120. The summed E-state index contributed by atoms with van der Waals surface area (Å²) in [6.07, 6.45) is 0.761. The highest BCUT2D eigenvalue weighted by Gasteiger charge is 2.14. The van der Waals surface area contributed by atoms with Gasteiger partial charge in [-0.3, -0.25) is 9.59 Å². The Labute approximate surface area is 142 Å². The fourth-order valence-electron chi connectivity index (χ4n) is 1.57. The number of amides is 2. The molecule has 5 nitrogen and oxygen atoms in total. The molecule has 0 heterocycles. The topological polar surface area (TPSA) is 84.2 Å². The van der Waals surface area contributed by atoms with E-state index >= 15 is 0 Å². The number of thioether (sulfide) groups is 1. The molecule has 0 aliphatic heterocycles. The van der Waals surface area contributed by atoms with Gasteiger partial charge in [0.1, 0.15) is 0 Å². The van der Waals surface area contributed by atoms with Crippen molar-refractivity contribution in [2.45, 2.75) is 25.5 Å². The van der Waals surface area contributed by atoms with Gasteiger partial charge in [-0.05, 0) is 38.9 Å². The molecular weight excluding hydrogens is 322 g/mol. The van der Waals surface area contributed by atoms with E-state index in [1.165, 1.54) is 11.8 Å². The molecule has 0 fully saturated rings. The van der Waals surface area contributed by atoms with Crippen LogP contribution in [0.4, 0.5) is 5.69 Å². The van der Waals surface area contributed by atoms with Crippen molar-refractivity contribution in [1.29, 1.82) is 0 Å². The average molecular weight is 346 g/mol. The maximum atomic E-state index is 11.8. The zero-order chi connectivity index (χ0) is 15.7. The second-order valence-electron chi connectivity index (χ2n) is 4.80. The van der Waals surface area contributed by atoms with Crippen molar-refractivity contribution >= 4 is 41.7 Å². The van der Waals surface area contributed by atoms with Crippen molar-refractivity contribution in [3.05, 3.63) is 29.8 Å². The van der Waals surface area contributed by atoms with Gasteiger partial charge in [0.2, 0.25) is 11.8 Å². The van der Waals surface area contributed by atoms with E-state index in [1.807, 2.05) is 31.2 Å². The van der Waals surface area contributed by atoms with E-state index in [-0.39, 0.29) is 35.2 Å². The van der Waals surface area contributed by atoms with Gasteiger partial charge in [-0.25, -0.2) is 0 Å². The molecule has 0 aliphatic carbocycles. The molecule has 0 aromatic heterocycles. The molecule has 4 N–H and O–H groups in total. The number of aryl methyl sites for hydroxylation is 1. The molecule has 1 rings (SSSR count). The van der Waals surface area contributed by atoms with Gasteiger partial charge in [0.25, 0.3) is 0 Å². The fourth-order valence-corrected chi connectivity index (χ4v) is 2.28. The van der Waals surface area contributed by atoms with Gasteiger partial charge in [-0.1, -0.05) is 17.7 Å². The van der Waals surface area contributed by atoms with Crippen molar-refractivity contribution < 1.29 is 9.59 Å². The van der Waals surface area contributed by atoms with Crippen LogP contribution < -0.4 is 16.4 Å². The second kappa shape index (κ2) is 11.3. The summed E-state index contributed by atoms with van der Waals surface area (Å²) in [6, 6.07) is 7.61. The lowest BCUT2D eigenvalue weighted by Crippen LogP contribution is -2.33. The number of carbonyl (C=O) groups is 2. The van der Waals surface area contributed by atoms with E-state index in [4.69, 9.17) is 5.73 Å². The quantitative estimate of drug-likeness (QED) is 0.629. The van der Waals surface area contributed by atoms with Crippen LogP contribution in [0.15, 0.2) is 24.3 Å². The summed E-state index contributed by atoms with van der Waals surface area (Å²) in [5.74, 6) is 0.0846. The summed E-state index contributed by atoms with van der Waals surface area (Å²) in [7, 11) is 0. The Hall–Kier alpha value is -1.24. The third kappa shape index (κ3) is 8.26. The van der Waals surface area contributed by atoms with E-state index in [9.17, 15) is 9.59 Å². The molecule has 7 heteroatoms. The van der Waals surface area contributed by atoms with E-state index in [2.05, 4.69) is 10.6 Å². The first-order chi connectivity index (χ1) is 10.0. The lowest BCUT2D eigenvalue weighted by atomic mass is 10.2. The molecule has 0 radical (unpaired) electrons. The van der Waals surface area contributed by atoms with Crippen LogP contribution in [0.2, 0.25) is 0 Å². The van der Waals surface area contributed by atoms with E-state index in [0.717, 1.165) is 17.7 Å². The van der Waals surface area contributed by atoms with Crippen molar-refractivity contribution in [1.82, 2.24) is 5.32 Å². The zero-order valence-electron chi connectivity index (χ0n) is 12.9. The monoisotopic (exact) mass is 345 g/mol. The lowest BCUT2D eigenvalue weighted by Gasteiger charge is -2.12. The van der Waals surface area contributed by atoms with Crippen LogP contribution in [-0.4, -0.2) is 35.9 Å². The summed E-state index contributed by atoms with van der Waals surface area (Å²) < 4.78 is 0. The van der Waals surface area contributed by atoms with Gasteiger partial charge in [0, 0.05) is 12.2 Å². The minimum atomic E-state index is -0.258. The predicted molar refractivity (Wildman–Crippen MR) is 95.7 cm³/mol. The molecule has 0 bridgehead atoms. The van der Waals surface area contributed by atoms with Crippen LogP contribution in [0.1, 0.15) is 18.9 Å². The Balaban J connectivity index is 0.00000441. The second-order valence-corrected chi connectivity index (χ2v) is 6.13. The first-order valence-electron chi connectivity index (χ1n) is 6.99. The van der Waals surface area contributed by atoms with Crippen molar-refractivity contribution in [3.8, 4) is 0 Å². The van der Waals surface area contributed by atoms with Crippen LogP contribution in [0.25, 0.3) is 0 Å². The smallest absolute Gasteiger partial charge is 0.234 e. The van der Waals surface area contributed by atoms with Gasteiger partial charge < -0.3 is 16.4 Å². The van der Waals surface area contributed by atoms with Crippen LogP contribution in [0, 0.1) is 6.92 Å². The molecule has 0 saturated heterocycles. The largest absolute Gasteiger partial charge is 0.355 e. The number of anilines is 1. The number of carbonyl (C=O) groups excluding carboxylic acids is 2. The molecule has 0 spiro atoms. The SMILES string of the molecule is Cc1ccc(NC(=O)CSC(C)C(=O)NCCCN)cc1.Cl. The summed E-state index contributed by atoms with van der Waals surface area (Å²) in [6.45, 7) is 4.92. The molecule has 1 atom stereocenters. The van der Waals surface area contributed by atoms with Crippen LogP contribution in [-0.2, 0) is 9.59 Å². The van der Waals surface area contributed by atoms with Crippen molar-refractivity contribution in [2.24, 2.45) is 5.73 Å². The Morgan fingerprint density at radius 1 is 1.27 bits per heavy atom. The van der Waals surface area contributed by atoms with Gasteiger partial charge in [-0.15, -0.1) is 24.2 Å². The van der Waals surface area contributed by atoms with Gasteiger partial charge in [0.15, 0.2) is 0 Å².